The van der Waals surface area contributed by atoms with Gasteiger partial charge < -0.3 is 23.4 Å². The van der Waals surface area contributed by atoms with Gasteiger partial charge in [0, 0.05) is 74.4 Å². The summed E-state index contributed by atoms with van der Waals surface area (Å²) in [5.74, 6) is 2.16. The fourth-order valence-electron chi connectivity index (χ4n) is 7.56. The van der Waals surface area contributed by atoms with E-state index in [9.17, 15) is 0 Å². The van der Waals surface area contributed by atoms with Crippen LogP contribution in [0.15, 0.2) is 167 Å². The number of ether oxygens (including phenoxy) is 1. The standard InChI is InChI=1S/C44H28N4O3/c1-2-10-28(11-3-1)46-22-23-47(27-46)29-24-36-35-20-19-34-33-13-5-7-15-39(33)50-43(34)44(35)51-42(36)40(25-29)49-30-17-18-32-31-12-4-6-14-37(31)48(38(32)26-30)41-16-8-9-21-45-41/h1-26H,27H2. The highest BCUT2D eigenvalue weighted by atomic mass is 16.5. The molecule has 0 aliphatic carbocycles. The Labute approximate surface area is 291 Å². The SMILES string of the molecule is C1=CN(c2cc(Oc3ccc4c5ccccc5n(-c5ccccn5)c4c3)c3oc4c(ccc5c6ccccc6oc54)c3c2)CN1c1ccccc1. The van der Waals surface area contributed by atoms with Crippen molar-refractivity contribution in [3.8, 4) is 17.3 Å². The van der Waals surface area contributed by atoms with Crippen molar-refractivity contribution in [2.24, 2.45) is 0 Å². The predicted molar refractivity (Wildman–Crippen MR) is 205 cm³/mol. The molecule has 0 saturated carbocycles. The van der Waals surface area contributed by atoms with Gasteiger partial charge in [0.2, 0.25) is 0 Å². The van der Waals surface area contributed by atoms with Crippen LogP contribution in [-0.2, 0) is 0 Å². The average Bonchev–Trinajstić information content (AvgIpc) is 3.97. The normalized spacial score (nSPS) is 13.3. The van der Waals surface area contributed by atoms with Gasteiger partial charge in [0.25, 0.3) is 0 Å². The minimum absolute atomic E-state index is 0.620. The Morgan fingerprint density at radius 1 is 0.510 bits per heavy atom. The molecule has 0 saturated heterocycles. The fourth-order valence-corrected chi connectivity index (χ4v) is 7.56. The second-order valence-corrected chi connectivity index (χ2v) is 12.9. The summed E-state index contributed by atoms with van der Waals surface area (Å²) in [7, 11) is 0. The topological polar surface area (TPSA) is 59.8 Å². The zero-order valence-electron chi connectivity index (χ0n) is 27.2. The van der Waals surface area contributed by atoms with Crippen molar-refractivity contribution in [3.05, 3.63) is 158 Å². The number of hydrogen-bond donors (Lipinski definition) is 0. The van der Waals surface area contributed by atoms with Crippen molar-refractivity contribution in [1.29, 1.82) is 0 Å². The number of hydrogen-bond acceptors (Lipinski definition) is 6. The zero-order valence-corrected chi connectivity index (χ0v) is 27.2. The van der Waals surface area contributed by atoms with Crippen molar-refractivity contribution in [2.75, 3.05) is 16.5 Å². The van der Waals surface area contributed by atoms with Gasteiger partial charge in [-0.2, -0.15) is 0 Å². The second kappa shape index (κ2) is 10.8. The summed E-state index contributed by atoms with van der Waals surface area (Å²) in [5, 5.41) is 6.29. The molecule has 0 N–H and O–H groups in total. The van der Waals surface area contributed by atoms with Gasteiger partial charge >= 0.3 is 0 Å². The lowest BCUT2D eigenvalue weighted by Crippen LogP contribution is -2.24. The molecule has 0 radical (unpaired) electrons. The lowest BCUT2D eigenvalue weighted by Gasteiger charge is -2.22. The van der Waals surface area contributed by atoms with Crippen LogP contribution in [0.3, 0.4) is 0 Å². The summed E-state index contributed by atoms with van der Waals surface area (Å²) >= 11 is 0. The minimum atomic E-state index is 0.620. The van der Waals surface area contributed by atoms with Crippen LogP contribution in [0, 0.1) is 0 Å². The van der Waals surface area contributed by atoms with Gasteiger partial charge in [-0.05, 0) is 66.7 Å². The number of benzene rings is 6. The number of anilines is 2. The number of aromatic nitrogens is 2. The Morgan fingerprint density at radius 3 is 2.08 bits per heavy atom. The molecular weight excluding hydrogens is 633 g/mol. The third-order valence-corrected chi connectivity index (χ3v) is 9.94. The molecule has 1 aliphatic rings. The fraction of sp³-hybridized carbons (Fsp3) is 0.0227. The largest absolute Gasteiger partial charge is 0.453 e. The summed E-state index contributed by atoms with van der Waals surface area (Å²) in [6, 6.07) is 47.7. The third-order valence-electron chi connectivity index (χ3n) is 9.94. The number of fused-ring (bicyclic) bond motifs is 10. The number of rotatable bonds is 5. The van der Waals surface area contributed by atoms with Crippen LogP contribution in [0.5, 0.6) is 11.5 Å². The number of nitrogens with zero attached hydrogens (tertiary/aromatic N) is 4. The van der Waals surface area contributed by atoms with E-state index in [0.717, 1.165) is 71.7 Å². The van der Waals surface area contributed by atoms with Gasteiger partial charge in [-0.3, -0.25) is 4.57 Å². The van der Waals surface area contributed by atoms with Crippen LogP contribution >= 0.6 is 0 Å². The number of pyridine rings is 1. The summed E-state index contributed by atoms with van der Waals surface area (Å²) in [6.45, 7) is 0.661. The van der Waals surface area contributed by atoms with Crippen molar-refractivity contribution in [1.82, 2.24) is 9.55 Å². The summed E-state index contributed by atoms with van der Waals surface area (Å²) in [4.78, 5) is 9.15. The van der Waals surface area contributed by atoms with Gasteiger partial charge in [0.1, 0.15) is 17.2 Å². The van der Waals surface area contributed by atoms with Crippen molar-refractivity contribution >= 4 is 77.1 Å². The van der Waals surface area contributed by atoms with E-state index in [0.29, 0.717) is 29.3 Å². The van der Waals surface area contributed by atoms with Crippen LogP contribution < -0.4 is 14.5 Å². The molecule has 0 fully saturated rings. The van der Waals surface area contributed by atoms with E-state index < -0.39 is 0 Å². The summed E-state index contributed by atoms with van der Waals surface area (Å²) in [6.07, 6.45) is 6.04. The smallest absolute Gasteiger partial charge is 0.178 e. The average molecular weight is 661 g/mol. The highest BCUT2D eigenvalue weighted by Gasteiger charge is 2.23. The molecule has 0 unspecified atom stereocenters. The van der Waals surface area contributed by atoms with Gasteiger partial charge in [-0.25, -0.2) is 4.98 Å². The first-order valence-electron chi connectivity index (χ1n) is 17.0. The van der Waals surface area contributed by atoms with Crippen LogP contribution in [0.1, 0.15) is 0 Å². The monoisotopic (exact) mass is 660 g/mol. The lowest BCUT2D eigenvalue weighted by molar-refractivity contribution is 0.477. The van der Waals surface area contributed by atoms with E-state index in [4.69, 9.17) is 18.6 Å². The summed E-state index contributed by atoms with van der Waals surface area (Å²) < 4.78 is 22.2. The maximum atomic E-state index is 6.88. The highest BCUT2D eigenvalue weighted by Crippen LogP contribution is 2.45. The molecule has 0 bridgehead atoms. The van der Waals surface area contributed by atoms with Gasteiger partial charge in [0.05, 0.1) is 17.7 Å². The molecule has 242 valence electrons. The zero-order chi connectivity index (χ0) is 33.5. The molecule has 7 nitrogen and oxygen atoms in total. The molecule has 4 aromatic heterocycles. The van der Waals surface area contributed by atoms with E-state index in [1.54, 1.807) is 0 Å². The minimum Gasteiger partial charge on any atom is -0.453 e. The molecule has 0 spiro atoms. The van der Waals surface area contributed by atoms with Crippen LogP contribution in [0.2, 0.25) is 0 Å². The highest BCUT2D eigenvalue weighted by molar-refractivity contribution is 6.20. The van der Waals surface area contributed by atoms with Gasteiger partial charge in [-0.1, -0.05) is 60.7 Å². The Balaban J connectivity index is 1.10. The molecule has 11 rings (SSSR count). The predicted octanol–water partition coefficient (Wildman–Crippen LogP) is 11.5. The molecule has 1 aliphatic heterocycles. The summed E-state index contributed by atoms with van der Waals surface area (Å²) in [5.41, 5.74) is 7.14. The lowest BCUT2D eigenvalue weighted by atomic mass is 10.1. The first-order chi connectivity index (χ1) is 25.3. The molecule has 6 aromatic carbocycles. The van der Waals surface area contributed by atoms with E-state index >= 15 is 0 Å². The molecule has 10 aromatic rings. The molecule has 0 atom stereocenters. The Hall–Kier alpha value is -6.99. The van der Waals surface area contributed by atoms with Crippen molar-refractivity contribution < 1.29 is 13.6 Å². The number of para-hydroxylation sites is 3. The van der Waals surface area contributed by atoms with E-state index in [-0.39, 0.29) is 0 Å². The Bertz CT molecular complexity index is 2990. The molecular formula is C44H28N4O3. The third kappa shape index (κ3) is 4.28. The van der Waals surface area contributed by atoms with E-state index in [1.165, 1.54) is 0 Å². The van der Waals surface area contributed by atoms with E-state index in [2.05, 4.69) is 118 Å². The Kier molecular flexibility index (Phi) is 5.89. The number of furan rings is 2. The van der Waals surface area contributed by atoms with Crippen LogP contribution in [-0.4, -0.2) is 16.2 Å². The quantitative estimate of drug-likeness (QED) is 0.183. The van der Waals surface area contributed by atoms with E-state index in [1.807, 2.05) is 54.7 Å². The molecule has 5 heterocycles. The first-order valence-corrected chi connectivity index (χ1v) is 17.0. The first kappa shape index (κ1) is 27.9. The molecule has 0 amide bonds. The molecule has 7 heteroatoms. The van der Waals surface area contributed by atoms with Crippen molar-refractivity contribution in [3.63, 3.8) is 0 Å². The van der Waals surface area contributed by atoms with Gasteiger partial charge in [0.15, 0.2) is 22.5 Å². The maximum Gasteiger partial charge on any atom is 0.178 e. The maximum absolute atomic E-state index is 6.88. The van der Waals surface area contributed by atoms with Gasteiger partial charge in [-0.15, -0.1) is 0 Å². The van der Waals surface area contributed by atoms with Crippen LogP contribution in [0.25, 0.3) is 71.5 Å². The van der Waals surface area contributed by atoms with Crippen LogP contribution in [0.4, 0.5) is 11.4 Å². The van der Waals surface area contributed by atoms with Crippen molar-refractivity contribution in [2.45, 2.75) is 0 Å². The second-order valence-electron chi connectivity index (χ2n) is 12.9. The molecule has 51 heavy (non-hydrogen) atoms. The Morgan fingerprint density at radius 2 is 1.22 bits per heavy atom.